The number of aliphatic hydroxyl groups is 1. The van der Waals surface area contributed by atoms with Crippen LogP contribution in [0.3, 0.4) is 0 Å². The summed E-state index contributed by atoms with van der Waals surface area (Å²) in [5.41, 5.74) is 0. The third kappa shape index (κ3) is 13.2. The van der Waals surface area contributed by atoms with Gasteiger partial charge in [-0.05, 0) is 19.3 Å². The van der Waals surface area contributed by atoms with Gasteiger partial charge in [0.15, 0.2) is 0 Å². The molecule has 0 aromatic carbocycles. The number of phosphoric ester groups is 1. The number of aliphatic hydroxyl groups excluding tert-OH is 1. The van der Waals surface area contributed by atoms with Gasteiger partial charge in [-0.15, -0.1) is 0 Å². The molecule has 1 unspecified atom stereocenters. The Morgan fingerprint density at radius 1 is 1.14 bits per heavy atom. The van der Waals surface area contributed by atoms with Crippen molar-refractivity contribution in [3.8, 4) is 0 Å². The number of hydrogen-bond acceptors (Lipinski definition) is 6. The van der Waals surface area contributed by atoms with Crippen molar-refractivity contribution in [2.75, 3.05) is 26.4 Å². The molecular formula is C13H27O8P. The van der Waals surface area contributed by atoms with Crippen molar-refractivity contribution in [3.63, 3.8) is 0 Å². The normalized spacial score (nSPS) is 15.4. The van der Waals surface area contributed by atoms with E-state index in [9.17, 15) is 14.3 Å². The minimum atomic E-state index is -4.09. The third-order valence-corrected chi connectivity index (χ3v) is 3.71. The summed E-state index contributed by atoms with van der Waals surface area (Å²) in [4.78, 5) is 19.6. The number of rotatable bonds is 15. The van der Waals surface area contributed by atoms with E-state index in [1.54, 1.807) is 6.92 Å². The summed E-state index contributed by atoms with van der Waals surface area (Å²) < 4.78 is 26.2. The number of ether oxygens (including phenoxy) is 1. The van der Waals surface area contributed by atoms with Crippen molar-refractivity contribution < 1.29 is 38.3 Å². The van der Waals surface area contributed by atoms with Crippen LogP contribution in [0.5, 0.6) is 0 Å². The van der Waals surface area contributed by atoms with Crippen LogP contribution in [0.25, 0.3) is 0 Å². The maximum Gasteiger partial charge on any atom is 0.472 e. The topological polar surface area (TPSA) is 123 Å². The maximum atomic E-state index is 11.4. The first kappa shape index (κ1) is 21.5. The Kier molecular flexibility index (Phi) is 12.7. The molecule has 0 aliphatic carbocycles. The highest BCUT2D eigenvalue weighted by molar-refractivity contribution is 7.47. The number of phosphoric acid groups is 1. The van der Waals surface area contributed by atoms with Gasteiger partial charge in [0.1, 0.15) is 6.10 Å². The summed E-state index contributed by atoms with van der Waals surface area (Å²) in [5, 5.41) is 17.6. The zero-order chi connectivity index (χ0) is 16.8. The number of carboxylic acids is 1. The van der Waals surface area contributed by atoms with Crippen LogP contribution in [-0.4, -0.2) is 53.6 Å². The molecule has 0 radical (unpaired) electrons. The van der Waals surface area contributed by atoms with E-state index in [0.717, 1.165) is 19.3 Å². The van der Waals surface area contributed by atoms with Crippen LogP contribution in [0.15, 0.2) is 0 Å². The van der Waals surface area contributed by atoms with Crippen LogP contribution in [0.1, 0.15) is 45.4 Å². The Labute approximate surface area is 131 Å². The summed E-state index contributed by atoms with van der Waals surface area (Å²) in [6.45, 7) is 1.73. The van der Waals surface area contributed by atoms with Crippen molar-refractivity contribution in [3.05, 3.63) is 0 Å². The first-order valence-electron chi connectivity index (χ1n) is 7.47. The lowest BCUT2D eigenvalue weighted by Crippen LogP contribution is -2.24. The van der Waals surface area contributed by atoms with Gasteiger partial charge < -0.3 is 19.8 Å². The Morgan fingerprint density at radius 3 is 2.41 bits per heavy atom. The second kappa shape index (κ2) is 13.0. The second-order valence-corrected chi connectivity index (χ2v) is 6.28. The first-order chi connectivity index (χ1) is 10.4. The highest BCUT2D eigenvalue weighted by Crippen LogP contribution is 2.43. The van der Waals surface area contributed by atoms with E-state index in [4.69, 9.17) is 19.5 Å². The highest BCUT2D eigenvalue weighted by Gasteiger charge is 2.22. The largest absolute Gasteiger partial charge is 0.481 e. The molecule has 0 aromatic rings. The van der Waals surface area contributed by atoms with Gasteiger partial charge in [-0.1, -0.05) is 19.8 Å². The predicted octanol–water partition coefficient (Wildman–Crippen LogP) is 1.94. The van der Waals surface area contributed by atoms with E-state index in [1.807, 2.05) is 0 Å². The summed E-state index contributed by atoms with van der Waals surface area (Å²) in [6, 6.07) is 0. The van der Waals surface area contributed by atoms with E-state index in [2.05, 4.69) is 4.52 Å². The molecule has 8 nitrogen and oxygen atoms in total. The maximum absolute atomic E-state index is 11.4. The fraction of sp³-hybridized carbons (Fsp3) is 0.923. The van der Waals surface area contributed by atoms with Gasteiger partial charge in [0.25, 0.3) is 0 Å². The van der Waals surface area contributed by atoms with Gasteiger partial charge in [-0.3, -0.25) is 13.8 Å². The van der Waals surface area contributed by atoms with Gasteiger partial charge >= 0.3 is 13.8 Å². The van der Waals surface area contributed by atoms with E-state index < -0.39 is 19.9 Å². The Balaban J connectivity index is 3.70. The summed E-state index contributed by atoms with van der Waals surface area (Å²) >= 11 is 0. The summed E-state index contributed by atoms with van der Waals surface area (Å²) in [5.74, 6) is -0.799. The highest BCUT2D eigenvalue weighted by atomic mass is 31.2. The Hall–Kier alpha value is -0.500. The van der Waals surface area contributed by atoms with Gasteiger partial charge in [0, 0.05) is 13.0 Å². The second-order valence-electron chi connectivity index (χ2n) is 4.83. The molecule has 0 rings (SSSR count). The Bertz CT molecular complexity index is 336. The zero-order valence-electron chi connectivity index (χ0n) is 13.0. The SMILES string of the molecule is CCCOP(=O)(O)OC[C@@H](CO)OCCCCCCC(=O)O. The molecule has 9 heteroatoms. The number of hydrogen-bond donors (Lipinski definition) is 3. The number of aliphatic carboxylic acids is 1. The van der Waals surface area contributed by atoms with Gasteiger partial charge in [-0.25, -0.2) is 4.57 Å². The molecule has 0 heterocycles. The van der Waals surface area contributed by atoms with Crippen LogP contribution in [0, 0.1) is 0 Å². The number of carbonyl (C=O) groups is 1. The van der Waals surface area contributed by atoms with Crippen molar-refractivity contribution >= 4 is 13.8 Å². The molecule has 2 atom stereocenters. The zero-order valence-corrected chi connectivity index (χ0v) is 13.9. The van der Waals surface area contributed by atoms with Gasteiger partial charge in [0.2, 0.25) is 0 Å². The van der Waals surface area contributed by atoms with E-state index in [-0.39, 0.29) is 26.2 Å². The van der Waals surface area contributed by atoms with Crippen LogP contribution in [0.4, 0.5) is 0 Å². The van der Waals surface area contributed by atoms with Crippen molar-refractivity contribution in [1.82, 2.24) is 0 Å². The number of carboxylic acid groups (broad SMARTS) is 1. The van der Waals surface area contributed by atoms with E-state index >= 15 is 0 Å². The fourth-order valence-electron chi connectivity index (χ4n) is 1.56. The standard InChI is InChI=1S/C13H27O8P/c1-2-8-20-22(17,18)21-11-12(10-14)19-9-6-4-3-5-7-13(15)16/h12,14H,2-11H2,1H3,(H,15,16)(H,17,18)/t12-/m1/s1. The molecule has 3 N–H and O–H groups in total. The Morgan fingerprint density at radius 2 is 1.82 bits per heavy atom. The monoisotopic (exact) mass is 342 g/mol. The molecule has 0 bridgehead atoms. The molecule has 0 spiro atoms. The lowest BCUT2D eigenvalue weighted by Gasteiger charge is -2.17. The lowest BCUT2D eigenvalue weighted by atomic mass is 10.1. The smallest absolute Gasteiger partial charge is 0.472 e. The van der Waals surface area contributed by atoms with E-state index in [0.29, 0.717) is 19.4 Å². The molecule has 0 aliphatic rings. The quantitative estimate of drug-likeness (QED) is 0.305. The molecule has 0 aliphatic heterocycles. The molecular weight excluding hydrogens is 315 g/mol. The number of unbranched alkanes of at least 4 members (excludes halogenated alkanes) is 3. The molecule has 0 amide bonds. The minimum Gasteiger partial charge on any atom is -0.481 e. The predicted molar refractivity (Wildman–Crippen MR) is 79.6 cm³/mol. The molecule has 22 heavy (non-hydrogen) atoms. The van der Waals surface area contributed by atoms with Gasteiger partial charge in [0.05, 0.1) is 19.8 Å². The van der Waals surface area contributed by atoms with Crippen LogP contribution in [-0.2, 0) is 23.1 Å². The molecule has 0 fully saturated rings. The third-order valence-electron chi connectivity index (χ3n) is 2.72. The molecule has 0 saturated carbocycles. The summed E-state index contributed by atoms with van der Waals surface area (Å²) in [7, 11) is -4.09. The van der Waals surface area contributed by atoms with Crippen molar-refractivity contribution in [1.29, 1.82) is 0 Å². The summed E-state index contributed by atoms with van der Waals surface area (Å²) in [6.07, 6.45) is 3.04. The molecule has 132 valence electrons. The average molecular weight is 342 g/mol. The van der Waals surface area contributed by atoms with E-state index in [1.165, 1.54) is 0 Å². The van der Waals surface area contributed by atoms with Crippen molar-refractivity contribution in [2.45, 2.75) is 51.6 Å². The van der Waals surface area contributed by atoms with Gasteiger partial charge in [-0.2, -0.15) is 0 Å². The van der Waals surface area contributed by atoms with Crippen molar-refractivity contribution in [2.24, 2.45) is 0 Å². The van der Waals surface area contributed by atoms with Crippen LogP contribution >= 0.6 is 7.82 Å². The van der Waals surface area contributed by atoms with Crippen LogP contribution in [0.2, 0.25) is 0 Å². The lowest BCUT2D eigenvalue weighted by molar-refractivity contribution is -0.137. The first-order valence-corrected chi connectivity index (χ1v) is 8.97. The average Bonchev–Trinajstić information content (AvgIpc) is 2.47. The fourth-order valence-corrected chi connectivity index (χ4v) is 2.40. The molecule has 0 aromatic heterocycles. The minimum absolute atomic E-state index is 0.120. The van der Waals surface area contributed by atoms with Crippen LogP contribution < -0.4 is 0 Å². The molecule has 0 saturated heterocycles.